The van der Waals surface area contributed by atoms with Crippen LogP contribution in [0.5, 0.6) is 0 Å². The predicted octanol–water partition coefficient (Wildman–Crippen LogP) is 7.94. The van der Waals surface area contributed by atoms with Crippen molar-refractivity contribution in [1.29, 1.82) is 0 Å². The number of nitrogens with one attached hydrogen (secondary N) is 1. The number of carboxylic acids is 1. The molecule has 0 heterocycles. The highest BCUT2D eigenvalue weighted by molar-refractivity contribution is 8.00. The molecule has 0 aliphatic heterocycles. The van der Waals surface area contributed by atoms with Gasteiger partial charge >= 0.3 is 5.97 Å². The van der Waals surface area contributed by atoms with Crippen molar-refractivity contribution in [1.82, 2.24) is 5.32 Å². The zero-order valence-corrected chi connectivity index (χ0v) is 26.3. The first kappa shape index (κ1) is 36.0. The highest BCUT2D eigenvalue weighted by Crippen LogP contribution is 2.29. The lowest BCUT2D eigenvalue weighted by Gasteiger charge is -2.26. The first-order chi connectivity index (χ1) is 15.1. The molecule has 0 aromatic rings. The third-order valence-electron chi connectivity index (χ3n) is 4.85. The summed E-state index contributed by atoms with van der Waals surface area (Å²) in [5.74, 6) is 1.08. The number of aliphatic carboxylic acids is 1. The molecule has 2 unspecified atom stereocenters. The third-order valence-corrected chi connectivity index (χ3v) is 7.65. The second-order valence-electron chi connectivity index (χ2n) is 13.6. The molecule has 0 spiro atoms. The van der Waals surface area contributed by atoms with E-state index in [1.54, 1.807) is 11.8 Å². The molecule has 6 heteroatoms. The van der Waals surface area contributed by atoms with Crippen LogP contribution in [0, 0.1) is 16.7 Å². The molecular weight excluding hydrogens is 462 g/mol. The summed E-state index contributed by atoms with van der Waals surface area (Å²) < 4.78 is 0.368. The molecule has 0 radical (unpaired) electrons. The van der Waals surface area contributed by atoms with Crippen LogP contribution in [-0.2, 0) is 9.59 Å². The molecule has 34 heavy (non-hydrogen) atoms. The number of hydrogen-bond donors (Lipinski definition) is 2. The Kier molecular flexibility index (Phi) is 16.7. The van der Waals surface area contributed by atoms with Gasteiger partial charge in [-0.2, -0.15) is 23.5 Å². The normalized spacial score (nSPS) is 14.7. The first-order valence-corrected chi connectivity index (χ1v) is 14.8. The summed E-state index contributed by atoms with van der Waals surface area (Å²) in [7, 11) is 0. The van der Waals surface area contributed by atoms with Crippen LogP contribution in [0.4, 0.5) is 0 Å². The van der Waals surface area contributed by atoms with Gasteiger partial charge in [-0.05, 0) is 23.7 Å². The van der Waals surface area contributed by atoms with Crippen molar-refractivity contribution in [3.8, 4) is 0 Å². The molecule has 2 N–H and O–H groups in total. The van der Waals surface area contributed by atoms with E-state index in [0.29, 0.717) is 17.6 Å². The summed E-state index contributed by atoms with van der Waals surface area (Å²) in [6.07, 6.45) is 3.52. The summed E-state index contributed by atoms with van der Waals surface area (Å²) >= 11 is 3.60. The van der Waals surface area contributed by atoms with E-state index in [9.17, 15) is 14.7 Å². The van der Waals surface area contributed by atoms with Gasteiger partial charge < -0.3 is 10.4 Å². The van der Waals surface area contributed by atoms with Crippen molar-refractivity contribution in [2.24, 2.45) is 16.7 Å². The van der Waals surface area contributed by atoms with E-state index in [2.05, 4.69) is 88.4 Å². The van der Waals surface area contributed by atoms with Gasteiger partial charge in [0, 0.05) is 34.0 Å². The van der Waals surface area contributed by atoms with Crippen molar-refractivity contribution >= 4 is 35.3 Å². The average Bonchev–Trinajstić information content (AvgIpc) is 2.60. The van der Waals surface area contributed by atoms with Gasteiger partial charge in [-0.15, -0.1) is 0 Å². The molecule has 0 aliphatic carbocycles. The van der Waals surface area contributed by atoms with Crippen LogP contribution >= 0.6 is 23.5 Å². The molecule has 0 saturated heterocycles. The summed E-state index contributed by atoms with van der Waals surface area (Å²) in [4.78, 5) is 23.0. The minimum atomic E-state index is -0.643. The molecule has 0 saturated carbocycles. The molecule has 0 fully saturated rings. The quantitative estimate of drug-likeness (QED) is 0.273. The third kappa shape index (κ3) is 24.9. The summed E-state index contributed by atoms with van der Waals surface area (Å²) in [5.41, 5.74) is 0.527. The first-order valence-electron chi connectivity index (χ1n) is 12.8. The highest BCUT2D eigenvalue weighted by atomic mass is 32.2. The van der Waals surface area contributed by atoms with Gasteiger partial charge in [-0.1, -0.05) is 96.4 Å². The summed E-state index contributed by atoms with van der Waals surface area (Å²) in [6, 6.07) is 0.00319. The van der Waals surface area contributed by atoms with Crippen LogP contribution in [0.15, 0.2) is 0 Å². The molecule has 0 rings (SSSR count). The van der Waals surface area contributed by atoms with Crippen molar-refractivity contribution < 1.29 is 14.7 Å². The average molecular weight is 520 g/mol. The zero-order valence-electron chi connectivity index (χ0n) is 24.7. The molecule has 0 amide bonds. The monoisotopic (exact) mass is 519 g/mol. The van der Waals surface area contributed by atoms with Gasteiger partial charge in [0.2, 0.25) is 0 Å². The Bertz CT molecular complexity index is 560. The molecule has 0 aromatic heterocycles. The number of thioether (sulfide) groups is 2. The Morgan fingerprint density at radius 3 is 1.62 bits per heavy atom. The van der Waals surface area contributed by atoms with Gasteiger partial charge in [-0.25, -0.2) is 0 Å². The maximum atomic E-state index is 11.9. The van der Waals surface area contributed by atoms with Gasteiger partial charge in [0.15, 0.2) is 0 Å². The van der Waals surface area contributed by atoms with Crippen molar-refractivity contribution in [3.05, 3.63) is 0 Å². The van der Waals surface area contributed by atoms with Crippen LogP contribution in [0.25, 0.3) is 0 Å². The minimum absolute atomic E-state index is 0.00319. The van der Waals surface area contributed by atoms with E-state index < -0.39 is 5.97 Å². The van der Waals surface area contributed by atoms with Gasteiger partial charge in [-0.3, -0.25) is 9.59 Å². The standard InChI is InChI=1S/C14H29NOS.C14H28O2S/c1-8-12(16)11(9-17-14(5,6)7)15-10-13(2,3)4;1-13(2,3)9-7-8-11(12(15)16)10-17-14(4,5)6/h11,15H,8-10H2,1-7H3;11H,7-10H2,1-6H3,(H,15,16). The number of ketones is 1. The number of Topliss-reactive ketones (excluding diaryl/α,β-unsaturated/α-hetero) is 1. The fourth-order valence-corrected chi connectivity index (χ4v) is 4.76. The molecule has 0 aromatic carbocycles. The summed E-state index contributed by atoms with van der Waals surface area (Å²) in [5, 5.41) is 12.6. The molecule has 0 bridgehead atoms. The maximum Gasteiger partial charge on any atom is 0.307 e. The smallest absolute Gasteiger partial charge is 0.307 e. The lowest BCUT2D eigenvalue weighted by Crippen LogP contribution is -2.43. The van der Waals surface area contributed by atoms with Gasteiger partial charge in [0.1, 0.15) is 5.78 Å². The van der Waals surface area contributed by atoms with E-state index >= 15 is 0 Å². The topological polar surface area (TPSA) is 66.4 Å². The Hall–Kier alpha value is -0.200. The Labute approximate surface area is 221 Å². The fraction of sp³-hybridized carbons (Fsp3) is 0.929. The number of carbonyl (C=O) groups is 2. The molecule has 4 nitrogen and oxygen atoms in total. The van der Waals surface area contributed by atoms with Gasteiger partial charge in [0.05, 0.1) is 12.0 Å². The van der Waals surface area contributed by atoms with E-state index in [1.165, 1.54) is 0 Å². The second-order valence-corrected chi connectivity index (χ2v) is 17.3. The number of hydrogen-bond acceptors (Lipinski definition) is 5. The van der Waals surface area contributed by atoms with Crippen molar-refractivity contribution in [3.63, 3.8) is 0 Å². The number of carbonyl (C=O) groups excluding carboxylic acids is 1. The van der Waals surface area contributed by atoms with E-state index in [-0.39, 0.29) is 26.9 Å². The van der Waals surface area contributed by atoms with E-state index in [0.717, 1.165) is 37.3 Å². The predicted molar refractivity (Wildman–Crippen MR) is 155 cm³/mol. The molecule has 2 atom stereocenters. The van der Waals surface area contributed by atoms with E-state index in [1.807, 2.05) is 18.7 Å². The fourth-order valence-electron chi connectivity index (χ4n) is 2.78. The SMILES string of the molecule is CC(C)(C)CCCC(CSC(C)(C)C)C(=O)O.CCC(=O)C(CSC(C)(C)C)NCC(C)(C)C. The minimum Gasteiger partial charge on any atom is -0.481 e. The van der Waals surface area contributed by atoms with Crippen LogP contribution in [0.3, 0.4) is 0 Å². The number of carboxylic acid groups (broad SMARTS) is 1. The Morgan fingerprint density at radius 2 is 1.26 bits per heavy atom. The Balaban J connectivity index is 0. The second kappa shape index (κ2) is 15.8. The lowest BCUT2D eigenvalue weighted by atomic mass is 9.88. The van der Waals surface area contributed by atoms with Crippen molar-refractivity contribution in [2.75, 3.05) is 18.1 Å². The van der Waals surface area contributed by atoms with Crippen LogP contribution < -0.4 is 5.32 Å². The molecule has 204 valence electrons. The highest BCUT2D eigenvalue weighted by Gasteiger charge is 2.23. The summed E-state index contributed by atoms with van der Waals surface area (Å²) in [6.45, 7) is 28.9. The van der Waals surface area contributed by atoms with Crippen LogP contribution in [0.1, 0.15) is 116 Å². The van der Waals surface area contributed by atoms with Gasteiger partial charge in [0.25, 0.3) is 0 Å². The maximum absolute atomic E-state index is 11.9. The van der Waals surface area contributed by atoms with Crippen LogP contribution in [-0.4, -0.2) is 50.4 Å². The number of rotatable bonds is 12. The largest absolute Gasteiger partial charge is 0.481 e. The lowest BCUT2D eigenvalue weighted by molar-refractivity contribution is -0.141. The van der Waals surface area contributed by atoms with E-state index in [4.69, 9.17) is 0 Å². The zero-order chi connectivity index (χ0) is 27.4. The van der Waals surface area contributed by atoms with Crippen LogP contribution in [0.2, 0.25) is 0 Å². The molecule has 0 aliphatic rings. The Morgan fingerprint density at radius 1 is 0.794 bits per heavy atom. The van der Waals surface area contributed by atoms with Crippen molar-refractivity contribution in [2.45, 2.75) is 131 Å². The molecular formula is C28H57NO3S2.